The zero-order valence-corrected chi connectivity index (χ0v) is 20.2. The van der Waals surface area contributed by atoms with E-state index >= 15 is 0 Å². The number of benzene rings is 3. The number of carbonyl (C=O) groups is 2. The summed E-state index contributed by atoms with van der Waals surface area (Å²) in [5.74, 6) is -2.03. The molecular weight excluding hydrogens is 581 g/mol. The van der Waals surface area contributed by atoms with Crippen LogP contribution < -0.4 is 14.9 Å². The molecule has 1 N–H and O–H groups in total. The van der Waals surface area contributed by atoms with Gasteiger partial charge in [0, 0.05) is 16.1 Å². The molecule has 12 heteroatoms. The van der Waals surface area contributed by atoms with Gasteiger partial charge >= 0.3 is 11.7 Å². The van der Waals surface area contributed by atoms with Crippen molar-refractivity contribution in [1.82, 2.24) is 5.43 Å². The van der Waals surface area contributed by atoms with Crippen molar-refractivity contribution in [3.63, 3.8) is 0 Å². The van der Waals surface area contributed by atoms with Crippen LogP contribution in [-0.2, 0) is 4.79 Å². The van der Waals surface area contributed by atoms with Gasteiger partial charge in [0.2, 0.25) is 0 Å². The Balaban J connectivity index is 1.69. The molecule has 0 heterocycles. The van der Waals surface area contributed by atoms with Crippen LogP contribution in [0.1, 0.15) is 15.9 Å². The van der Waals surface area contributed by atoms with Crippen LogP contribution in [0.2, 0.25) is 0 Å². The molecule has 0 unspecified atom stereocenters. The Morgan fingerprint density at radius 2 is 1.88 bits per heavy atom. The summed E-state index contributed by atoms with van der Waals surface area (Å²) >= 11 is 6.61. The van der Waals surface area contributed by atoms with E-state index in [9.17, 15) is 24.1 Å². The molecule has 9 nitrogen and oxygen atoms in total. The van der Waals surface area contributed by atoms with Gasteiger partial charge in [-0.05, 0) is 52.3 Å². The van der Waals surface area contributed by atoms with Gasteiger partial charge in [-0.15, -0.1) is 0 Å². The van der Waals surface area contributed by atoms with E-state index in [1.807, 2.05) is 0 Å². The van der Waals surface area contributed by atoms with Crippen molar-refractivity contribution in [3.8, 4) is 11.5 Å². The lowest BCUT2D eigenvalue weighted by Gasteiger charge is -2.10. The molecule has 0 spiro atoms. The number of nitro groups is 1. The van der Waals surface area contributed by atoms with Crippen molar-refractivity contribution in [3.05, 3.63) is 96.7 Å². The summed E-state index contributed by atoms with van der Waals surface area (Å²) in [5.41, 5.74) is 2.27. The minimum absolute atomic E-state index is 0.0122. The van der Waals surface area contributed by atoms with Crippen LogP contribution in [0.4, 0.5) is 10.1 Å². The van der Waals surface area contributed by atoms with E-state index in [4.69, 9.17) is 9.47 Å². The Kier molecular flexibility index (Phi) is 8.44. The maximum atomic E-state index is 13.4. The number of nitrogens with one attached hydrogen (secondary N) is 1. The third kappa shape index (κ3) is 6.68. The predicted molar refractivity (Wildman–Crippen MR) is 128 cm³/mol. The van der Waals surface area contributed by atoms with Gasteiger partial charge in [0.15, 0.2) is 18.1 Å². The average Bonchev–Trinajstić information content (AvgIpc) is 2.79. The second kappa shape index (κ2) is 11.5. The summed E-state index contributed by atoms with van der Waals surface area (Å²) in [5, 5.41) is 14.8. The highest BCUT2D eigenvalue weighted by Crippen LogP contribution is 2.33. The number of nitro benzene ring substituents is 1. The van der Waals surface area contributed by atoms with E-state index < -0.39 is 29.2 Å². The number of hydrazone groups is 1. The van der Waals surface area contributed by atoms with Gasteiger partial charge in [0.25, 0.3) is 5.91 Å². The SMILES string of the molecule is O=C(COc1ccccc1[N+](=O)[O-])N/N=C/c1cc(Br)cc(Br)c1OC(=O)c1cccc(F)c1. The molecule has 0 atom stereocenters. The molecular formula is C22H14Br2FN3O6. The number of esters is 1. The highest BCUT2D eigenvalue weighted by Gasteiger charge is 2.17. The number of carbonyl (C=O) groups excluding carboxylic acids is 2. The number of hydrogen-bond acceptors (Lipinski definition) is 7. The van der Waals surface area contributed by atoms with Crippen LogP contribution in [0.5, 0.6) is 11.5 Å². The van der Waals surface area contributed by atoms with Crippen molar-refractivity contribution >= 4 is 55.6 Å². The molecule has 0 aliphatic heterocycles. The fraction of sp³-hybridized carbons (Fsp3) is 0.0455. The number of nitrogens with zero attached hydrogens (tertiary/aromatic N) is 2. The van der Waals surface area contributed by atoms with Crippen molar-refractivity contribution < 1.29 is 28.4 Å². The number of rotatable bonds is 8. The van der Waals surface area contributed by atoms with Crippen LogP contribution in [0, 0.1) is 15.9 Å². The number of hydrogen-bond donors (Lipinski definition) is 1. The fourth-order valence-corrected chi connectivity index (χ4v) is 3.97. The fourth-order valence-electron chi connectivity index (χ4n) is 2.63. The summed E-state index contributed by atoms with van der Waals surface area (Å²) in [4.78, 5) is 34.9. The molecule has 0 aliphatic carbocycles. The first-order chi connectivity index (χ1) is 16.2. The first kappa shape index (κ1) is 25.0. The highest BCUT2D eigenvalue weighted by atomic mass is 79.9. The zero-order valence-electron chi connectivity index (χ0n) is 17.0. The molecule has 0 aromatic heterocycles. The van der Waals surface area contributed by atoms with Gasteiger partial charge in [0.1, 0.15) is 5.82 Å². The molecule has 0 fully saturated rings. The van der Waals surface area contributed by atoms with Crippen LogP contribution in [-0.4, -0.2) is 29.6 Å². The van der Waals surface area contributed by atoms with E-state index in [1.165, 1.54) is 48.7 Å². The minimum atomic E-state index is -0.793. The van der Waals surface area contributed by atoms with E-state index in [-0.39, 0.29) is 22.7 Å². The topological polar surface area (TPSA) is 120 Å². The second-order valence-corrected chi connectivity index (χ2v) is 8.28. The summed E-state index contributed by atoms with van der Waals surface area (Å²) in [7, 11) is 0. The summed E-state index contributed by atoms with van der Waals surface area (Å²) in [6.45, 7) is -0.522. The number of para-hydroxylation sites is 2. The molecule has 3 aromatic rings. The molecule has 34 heavy (non-hydrogen) atoms. The van der Waals surface area contributed by atoms with Crippen molar-refractivity contribution in [2.45, 2.75) is 0 Å². The Hall–Kier alpha value is -3.64. The van der Waals surface area contributed by atoms with Crippen LogP contribution in [0.15, 0.2) is 74.7 Å². The lowest BCUT2D eigenvalue weighted by atomic mass is 10.2. The first-order valence-electron chi connectivity index (χ1n) is 9.39. The van der Waals surface area contributed by atoms with E-state index in [2.05, 4.69) is 42.4 Å². The largest absolute Gasteiger partial charge is 0.477 e. The monoisotopic (exact) mass is 593 g/mol. The lowest BCUT2D eigenvalue weighted by Crippen LogP contribution is -2.24. The zero-order chi connectivity index (χ0) is 24.7. The van der Waals surface area contributed by atoms with Gasteiger partial charge < -0.3 is 9.47 Å². The van der Waals surface area contributed by atoms with Gasteiger partial charge in [-0.1, -0.05) is 34.1 Å². The van der Waals surface area contributed by atoms with Crippen molar-refractivity contribution in [2.75, 3.05) is 6.61 Å². The Bertz CT molecular complexity index is 1290. The van der Waals surface area contributed by atoms with Crippen molar-refractivity contribution in [2.24, 2.45) is 5.10 Å². The molecule has 0 aliphatic rings. The average molecular weight is 595 g/mol. The number of halogens is 3. The van der Waals surface area contributed by atoms with Crippen molar-refractivity contribution in [1.29, 1.82) is 0 Å². The Labute approximate surface area is 209 Å². The van der Waals surface area contributed by atoms with Crippen LogP contribution in [0.25, 0.3) is 0 Å². The lowest BCUT2D eigenvalue weighted by molar-refractivity contribution is -0.385. The highest BCUT2D eigenvalue weighted by molar-refractivity contribution is 9.11. The van der Waals surface area contributed by atoms with E-state index in [1.54, 1.807) is 12.1 Å². The second-order valence-electron chi connectivity index (χ2n) is 6.51. The third-order valence-corrected chi connectivity index (χ3v) is 5.15. The number of ether oxygens (including phenoxy) is 2. The van der Waals surface area contributed by atoms with E-state index in [0.29, 0.717) is 14.5 Å². The minimum Gasteiger partial charge on any atom is -0.477 e. The molecule has 0 radical (unpaired) electrons. The molecule has 0 bridgehead atoms. The normalized spacial score (nSPS) is 10.7. The summed E-state index contributed by atoms with van der Waals surface area (Å²) in [6.07, 6.45) is 1.23. The van der Waals surface area contributed by atoms with Crippen LogP contribution in [0.3, 0.4) is 0 Å². The Morgan fingerprint density at radius 3 is 2.62 bits per heavy atom. The molecule has 3 rings (SSSR count). The maximum absolute atomic E-state index is 13.4. The first-order valence-corrected chi connectivity index (χ1v) is 11.0. The predicted octanol–water partition coefficient (Wildman–Crippen LogP) is 5.01. The third-order valence-electron chi connectivity index (χ3n) is 4.11. The molecule has 3 aromatic carbocycles. The van der Waals surface area contributed by atoms with Gasteiger partial charge in [0.05, 0.1) is 21.2 Å². The van der Waals surface area contributed by atoms with Gasteiger partial charge in [-0.3, -0.25) is 14.9 Å². The van der Waals surface area contributed by atoms with Gasteiger partial charge in [-0.2, -0.15) is 5.10 Å². The maximum Gasteiger partial charge on any atom is 0.343 e. The van der Waals surface area contributed by atoms with E-state index in [0.717, 1.165) is 6.07 Å². The summed E-state index contributed by atoms with van der Waals surface area (Å²) in [6, 6.07) is 13.9. The molecule has 1 amide bonds. The standard InChI is InChI=1S/C22H14Br2FN3O6/c23-15-8-14(21(17(24)10-15)34-22(30)13-4-3-5-16(25)9-13)11-26-27-20(29)12-33-19-7-2-1-6-18(19)28(31)32/h1-11H,12H2,(H,27,29)/b26-11+. The smallest absolute Gasteiger partial charge is 0.343 e. The number of amides is 1. The molecule has 0 saturated heterocycles. The quantitative estimate of drug-likeness (QED) is 0.129. The Morgan fingerprint density at radius 1 is 1.12 bits per heavy atom. The van der Waals surface area contributed by atoms with Gasteiger partial charge in [-0.25, -0.2) is 14.6 Å². The van der Waals surface area contributed by atoms with Crippen LogP contribution >= 0.6 is 31.9 Å². The summed E-state index contributed by atoms with van der Waals surface area (Å²) < 4.78 is 25.0. The molecule has 0 saturated carbocycles. The molecule has 174 valence electrons.